The number of aromatic nitrogens is 3. The average molecular weight is 411 g/mol. The van der Waals surface area contributed by atoms with E-state index in [4.69, 9.17) is 14.6 Å². The maximum absolute atomic E-state index is 12.9. The quantitative estimate of drug-likeness (QED) is 0.321. The largest absolute Gasteiger partial charge is 0.497 e. The van der Waals surface area contributed by atoms with Crippen molar-refractivity contribution in [1.29, 1.82) is 0 Å². The Morgan fingerprint density at radius 1 is 1.00 bits per heavy atom. The number of rotatable bonds is 7. The number of nitrogens with zero attached hydrogens (tertiary/aromatic N) is 3. The number of para-hydroxylation sites is 1. The van der Waals surface area contributed by atoms with E-state index in [0.29, 0.717) is 17.1 Å². The molecular weight excluding hydrogens is 390 g/mol. The zero-order valence-electron chi connectivity index (χ0n) is 17.2. The van der Waals surface area contributed by atoms with Crippen LogP contribution in [0.5, 0.6) is 11.5 Å². The molecule has 0 N–H and O–H groups in total. The van der Waals surface area contributed by atoms with Crippen LogP contribution in [0.15, 0.2) is 85.3 Å². The maximum Gasteiger partial charge on any atom is 0.189 e. The van der Waals surface area contributed by atoms with Crippen molar-refractivity contribution >= 4 is 11.9 Å². The molecule has 0 fully saturated rings. The summed E-state index contributed by atoms with van der Waals surface area (Å²) in [6.07, 6.45) is 8.65. The minimum Gasteiger partial charge on any atom is -0.497 e. The Balaban J connectivity index is 1.71. The molecule has 0 saturated heterocycles. The summed E-state index contributed by atoms with van der Waals surface area (Å²) in [7, 11) is 3.10. The second-order valence-electron chi connectivity index (χ2n) is 6.72. The predicted octanol–water partition coefficient (Wildman–Crippen LogP) is 4.85. The highest BCUT2D eigenvalue weighted by molar-refractivity contribution is 6.09. The fraction of sp³-hybridized carbons (Fsp3) is 0.0800. The Bertz CT molecular complexity index is 1220. The van der Waals surface area contributed by atoms with Gasteiger partial charge in [-0.3, -0.25) is 9.78 Å². The molecule has 0 radical (unpaired) electrons. The Hall–Kier alpha value is -4.19. The number of hydrogen-bond acceptors (Lipinski definition) is 5. The van der Waals surface area contributed by atoms with E-state index in [2.05, 4.69) is 4.98 Å². The zero-order valence-corrected chi connectivity index (χ0v) is 17.2. The Morgan fingerprint density at radius 3 is 2.55 bits per heavy atom. The lowest BCUT2D eigenvalue weighted by molar-refractivity contribution is 0.104. The second kappa shape index (κ2) is 9.09. The molecule has 0 aliphatic carbocycles. The van der Waals surface area contributed by atoms with Crippen molar-refractivity contribution < 1.29 is 14.3 Å². The van der Waals surface area contributed by atoms with Crippen LogP contribution in [0.4, 0.5) is 0 Å². The normalized spacial score (nSPS) is 10.9. The van der Waals surface area contributed by atoms with Gasteiger partial charge in [-0.05, 0) is 48.6 Å². The van der Waals surface area contributed by atoms with E-state index in [1.54, 1.807) is 48.5 Å². The van der Waals surface area contributed by atoms with Crippen molar-refractivity contribution in [3.8, 4) is 28.4 Å². The van der Waals surface area contributed by atoms with E-state index in [-0.39, 0.29) is 5.78 Å². The number of benzene rings is 2. The van der Waals surface area contributed by atoms with Gasteiger partial charge in [0.25, 0.3) is 0 Å². The van der Waals surface area contributed by atoms with Crippen molar-refractivity contribution in [1.82, 2.24) is 14.8 Å². The molecule has 0 aliphatic heterocycles. The molecule has 2 aromatic heterocycles. The zero-order chi connectivity index (χ0) is 21.6. The van der Waals surface area contributed by atoms with Gasteiger partial charge in [0.1, 0.15) is 17.2 Å². The standard InChI is InChI=1S/C25H21N3O3/c1-30-21-11-12-22(24(15-21)31-2)23(29)13-10-19-17-28(20-8-4-3-5-9-20)27-25(19)18-7-6-14-26-16-18/h3-17H,1-2H3/b13-10+. The van der Waals surface area contributed by atoms with Gasteiger partial charge in [0.15, 0.2) is 5.78 Å². The number of hydrogen-bond donors (Lipinski definition) is 0. The first-order valence-corrected chi connectivity index (χ1v) is 9.69. The molecule has 4 rings (SSSR count). The Morgan fingerprint density at radius 2 is 1.84 bits per heavy atom. The fourth-order valence-electron chi connectivity index (χ4n) is 3.21. The summed E-state index contributed by atoms with van der Waals surface area (Å²) in [5.41, 5.74) is 3.79. The number of allylic oxidation sites excluding steroid dienone is 1. The second-order valence-corrected chi connectivity index (χ2v) is 6.72. The molecule has 154 valence electrons. The van der Waals surface area contributed by atoms with Crippen LogP contribution in [0.2, 0.25) is 0 Å². The van der Waals surface area contributed by atoms with E-state index < -0.39 is 0 Å². The smallest absolute Gasteiger partial charge is 0.189 e. The topological polar surface area (TPSA) is 66.2 Å². The lowest BCUT2D eigenvalue weighted by Gasteiger charge is -2.07. The number of ether oxygens (including phenoxy) is 2. The highest BCUT2D eigenvalue weighted by atomic mass is 16.5. The van der Waals surface area contributed by atoms with Crippen molar-refractivity contribution in [2.24, 2.45) is 0 Å². The van der Waals surface area contributed by atoms with Crippen LogP contribution in [0.1, 0.15) is 15.9 Å². The highest BCUT2D eigenvalue weighted by Crippen LogP contribution is 2.27. The van der Waals surface area contributed by atoms with E-state index in [1.807, 2.05) is 48.7 Å². The molecule has 0 amide bonds. The molecule has 0 atom stereocenters. The first-order chi connectivity index (χ1) is 15.2. The number of pyridine rings is 1. The highest BCUT2D eigenvalue weighted by Gasteiger charge is 2.14. The lowest BCUT2D eigenvalue weighted by atomic mass is 10.1. The number of carbonyl (C=O) groups is 1. The third kappa shape index (κ3) is 4.38. The SMILES string of the molecule is COc1ccc(C(=O)/C=C/c2cn(-c3ccccc3)nc2-c2cccnc2)c(OC)c1. The minimum atomic E-state index is -0.177. The Labute approximate surface area is 180 Å². The van der Waals surface area contributed by atoms with Gasteiger partial charge in [0.2, 0.25) is 0 Å². The van der Waals surface area contributed by atoms with Crippen molar-refractivity contribution in [3.63, 3.8) is 0 Å². The summed E-state index contributed by atoms with van der Waals surface area (Å²) in [5, 5.41) is 4.73. The molecule has 0 bridgehead atoms. The van der Waals surface area contributed by atoms with Crippen molar-refractivity contribution in [2.45, 2.75) is 0 Å². The van der Waals surface area contributed by atoms with Crippen LogP contribution >= 0.6 is 0 Å². The summed E-state index contributed by atoms with van der Waals surface area (Å²) in [6, 6.07) is 18.7. The van der Waals surface area contributed by atoms with Gasteiger partial charge < -0.3 is 9.47 Å². The van der Waals surface area contributed by atoms with Crippen molar-refractivity contribution in [2.75, 3.05) is 14.2 Å². The van der Waals surface area contributed by atoms with Crippen LogP contribution in [-0.2, 0) is 0 Å². The lowest BCUT2D eigenvalue weighted by Crippen LogP contribution is -1.99. The summed E-state index contributed by atoms with van der Waals surface area (Å²) < 4.78 is 12.4. The number of carbonyl (C=O) groups excluding carboxylic acids is 1. The van der Waals surface area contributed by atoms with Crippen LogP contribution in [0.25, 0.3) is 23.0 Å². The minimum absolute atomic E-state index is 0.177. The molecule has 2 heterocycles. The molecule has 4 aromatic rings. The average Bonchev–Trinajstić information content (AvgIpc) is 3.27. The third-order valence-electron chi connectivity index (χ3n) is 4.79. The van der Waals surface area contributed by atoms with Crippen LogP contribution < -0.4 is 9.47 Å². The van der Waals surface area contributed by atoms with Gasteiger partial charge in [0, 0.05) is 35.8 Å². The summed E-state index contributed by atoms with van der Waals surface area (Å²) in [4.78, 5) is 17.1. The molecule has 2 aromatic carbocycles. The van der Waals surface area contributed by atoms with Gasteiger partial charge in [-0.15, -0.1) is 0 Å². The van der Waals surface area contributed by atoms with Crippen LogP contribution in [0.3, 0.4) is 0 Å². The van der Waals surface area contributed by atoms with Gasteiger partial charge in [-0.25, -0.2) is 4.68 Å². The molecule has 0 saturated carbocycles. The van der Waals surface area contributed by atoms with Gasteiger partial charge in [-0.2, -0.15) is 5.10 Å². The maximum atomic E-state index is 12.9. The van der Waals surface area contributed by atoms with E-state index in [0.717, 1.165) is 22.5 Å². The molecule has 31 heavy (non-hydrogen) atoms. The molecule has 6 nitrogen and oxygen atoms in total. The molecule has 6 heteroatoms. The summed E-state index contributed by atoms with van der Waals surface area (Å²) in [5.74, 6) is 0.908. The molecule has 0 aliphatic rings. The first-order valence-electron chi connectivity index (χ1n) is 9.69. The molecule has 0 unspecified atom stereocenters. The first kappa shape index (κ1) is 20.1. The molecular formula is C25H21N3O3. The number of ketones is 1. The van der Waals surface area contributed by atoms with Crippen molar-refractivity contribution in [3.05, 3.63) is 96.5 Å². The molecule has 0 spiro atoms. The fourth-order valence-corrected chi connectivity index (χ4v) is 3.21. The van der Waals surface area contributed by atoms with Crippen LogP contribution in [-0.4, -0.2) is 34.8 Å². The van der Waals surface area contributed by atoms with E-state index in [9.17, 15) is 4.79 Å². The monoisotopic (exact) mass is 411 g/mol. The summed E-state index contributed by atoms with van der Waals surface area (Å²) in [6.45, 7) is 0. The van der Waals surface area contributed by atoms with E-state index in [1.165, 1.54) is 13.2 Å². The number of methoxy groups -OCH3 is 2. The van der Waals surface area contributed by atoms with Gasteiger partial charge >= 0.3 is 0 Å². The third-order valence-corrected chi connectivity index (χ3v) is 4.79. The van der Waals surface area contributed by atoms with Gasteiger partial charge in [0.05, 0.1) is 25.5 Å². The Kier molecular flexibility index (Phi) is 5.89. The predicted molar refractivity (Wildman–Crippen MR) is 120 cm³/mol. The summed E-state index contributed by atoms with van der Waals surface area (Å²) >= 11 is 0. The van der Waals surface area contributed by atoms with E-state index >= 15 is 0 Å². The van der Waals surface area contributed by atoms with Gasteiger partial charge in [-0.1, -0.05) is 18.2 Å². The van der Waals surface area contributed by atoms with Crippen LogP contribution in [0, 0.1) is 0 Å².